The second-order valence-corrected chi connectivity index (χ2v) is 5.03. The lowest BCUT2D eigenvalue weighted by molar-refractivity contribution is -0.140. The molecule has 1 aromatic rings. The Morgan fingerprint density at radius 2 is 2.10 bits per heavy atom. The van der Waals surface area contributed by atoms with Crippen LogP contribution in [0.15, 0.2) is 11.4 Å². The quantitative estimate of drug-likeness (QED) is 0.495. The lowest BCUT2D eigenvalue weighted by Crippen LogP contribution is -2.41. The van der Waals surface area contributed by atoms with Gasteiger partial charge in [-0.1, -0.05) is 23.4 Å². The highest BCUT2D eigenvalue weighted by molar-refractivity contribution is 7.98. The number of carbonyl (C=O) groups excluding carboxylic acids is 1. The lowest BCUT2D eigenvalue weighted by Gasteiger charge is -2.13. The van der Waals surface area contributed by atoms with E-state index >= 15 is 0 Å². The van der Waals surface area contributed by atoms with Crippen LogP contribution >= 0.6 is 23.4 Å². The van der Waals surface area contributed by atoms with Gasteiger partial charge in [0.1, 0.15) is 6.04 Å². The van der Waals surface area contributed by atoms with Crippen LogP contribution in [0.25, 0.3) is 0 Å². The average Bonchev–Trinajstić information content (AvgIpc) is 2.43. The third-order valence-electron chi connectivity index (χ3n) is 2.37. The third kappa shape index (κ3) is 5.20. The fraction of sp³-hybridized carbons (Fsp3) is 0.364. The summed E-state index contributed by atoms with van der Waals surface area (Å²) in [6.45, 7) is 0. The van der Waals surface area contributed by atoms with Gasteiger partial charge in [0.15, 0.2) is 10.9 Å². The number of carboxylic acids is 2. The Bertz CT molecular complexity index is 569. The maximum atomic E-state index is 12.0. The van der Waals surface area contributed by atoms with Gasteiger partial charge in [0.2, 0.25) is 0 Å². The first kappa shape index (κ1) is 17.2. The molecule has 1 heterocycles. The van der Waals surface area contributed by atoms with Crippen LogP contribution in [0.1, 0.15) is 23.3 Å². The van der Waals surface area contributed by atoms with E-state index in [1.54, 1.807) is 6.26 Å². The van der Waals surface area contributed by atoms with E-state index in [0.29, 0.717) is 5.16 Å². The van der Waals surface area contributed by atoms with Crippen molar-refractivity contribution in [3.8, 4) is 0 Å². The summed E-state index contributed by atoms with van der Waals surface area (Å²) in [5.74, 6) is -3.28. The molecule has 21 heavy (non-hydrogen) atoms. The van der Waals surface area contributed by atoms with Crippen LogP contribution in [0.2, 0.25) is 5.02 Å². The second-order valence-electron chi connectivity index (χ2n) is 3.85. The summed E-state index contributed by atoms with van der Waals surface area (Å²) in [6, 6.07) is -1.34. The number of aromatic nitrogens is 2. The van der Waals surface area contributed by atoms with Gasteiger partial charge in [-0.25, -0.2) is 14.8 Å². The van der Waals surface area contributed by atoms with Crippen molar-refractivity contribution < 1.29 is 24.6 Å². The first-order chi connectivity index (χ1) is 9.85. The molecule has 0 radical (unpaired) electrons. The standard InChI is InChI=1S/C11H12ClN3O5S/c1-21-11-13-4-5(12)8(15-11)9(18)14-6(10(19)20)2-3-7(16)17/h4,6H,2-3H2,1H3,(H,14,18)(H,16,17)(H,19,20). The van der Waals surface area contributed by atoms with E-state index in [0.717, 1.165) is 0 Å². The molecule has 0 aliphatic carbocycles. The summed E-state index contributed by atoms with van der Waals surface area (Å²) in [5.41, 5.74) is -0.155. The van der Waals surface area contributed by atoms with Gasteiger partial charge in [-0.3, -0.25) is 9.59 Å². The highest BCUT2D eigenvalue weighted by Crippen LogP contribution is 2.16. The van der Waals surface area contributed by atoms with E-state index < -0.39 is 23.9 Å². The zero-order valence-electron chi connectivity index (χ0n) is 10.9. The zero-order valence-corrected chi connectivity index (χ0v) is 12.4. The smallest absolute Gasteiger partial charge is 0.326 e. The van der Waals surface area contributed by atoms with Crippen molar-refractivity contribution in [3.63, 3.8) is 0 Å². The fourth-order valence-electron chi connectivity index (χ4n) is 1.36. The summed E-state index contributed by atoms with van der Waals surface area (Å²) in [6.07, 6.45) is 2.32. The number of halogens is 1. The summed E-state index contributed by atoms with van der Waals surface area (Å²) in [7, 11) is 0. The van der Waals surface area contributed by atoms with E-state index in [4.69, 9.17) is 21.8 Å². The molecule has 114 valence electrons. The highest BCUT2D eigenvalue weighted by Gasteiger charge is 2.23. The number of nitrogens with one attached hydrogen (secondary N) is 1. The molecule has 10 heteroatoms. The predicted octanol–water partition coefficient (Wildman–Crippen LogP) is 0.900. The highest BCUT2D eigenvalue weighted by atomic mass is 35.5. The third-order valence-corrected chi connectivity index (χ3v) is 3.21. The fourth-order valence-corrected chi connectivity index (χ4v) is 1.88. The molecule has 1 rings (SSSR count). The Kier molecular flexibility index (Phi) is 6.38. The van der Waals surface area contributed by atoms with Gasteiger partial charge in [0, 0.05) is 6.42 Å². The molecule has 1 aromatic heterocycles. The van der Waals surface area contributed by atoms with Crippen LogP contribution in [0.4, 0.5) is 0 Å². The Morgan fingerprint density at radius 1 is 1.43 bits per heavy atom. The maximum Gasteiger partial charge on any atom is 0.326 e. The Morgan fingerprint density at radius 3 is 2.62 bits per heavy atom. The van der Waals surface area contributed by atoms with Crippen molar-refractivity contribution >= 4 is 41.2 Å². The van der Waals surface area contributed by atoms with Gasteiger partial charge in [-0.2, -0.15) is 0 Å². The van der Waals surface area contributed by atoms with Crippen molar-refractivity contribution in [2.45, 2.75) is 24.0 Å². The molecule has 0 aliphatic heterocycles. The number of nitrogens with zero attached hydrogens (tertiary/aromatic N) is 2. The number of hydrogen-bond acceptors (Lipinski definition) is 6. The van der Waals surface area contributed by atoms with E-state index in [-0.39, 0.29) is 23.6 Å². The molecule has 0 fully saturated rings. The lowest BCUT2D eigenvalue weighted by atomic mass is 10.1. The number of carbonyl (C=O) groups is 3. The monoisotopic (exact) mass is 333 g/mol. The summed E-state index contributed by atoms with van der Waals surface area (Å²) >= 11 is 7.00. The Hall–Kier alpha value is -1.87. The van der Waals surface area contributed by atoms with Crippen LogP contribution < -0.4 is 5.32 Å². The van der Waals surface area contributed by atoms with Gasteiger partial charge < -0.3 is 15.5 Å². The van der Waals surface area contributed by atoms with Crippen LogP contribution in [0, 0.1) is 0 Å². The van der Waals surface area contributed by atoms with Crippen LogP contribution in [0.3, 0.4) is 0 Å². The number of carboxylic acid groups (broad SMARTS) is 2. The number of rotatable bonds is 7. The Labute approximate surface area is 128 Å². The molecule has 0 saturated carbocycles. The van der Waals surface area contributed by atoms with Crippen LogP contribution in [0.5, 0.6) is 0 Å². The molecule has 0 aliphatic rings. The molecule has 0 spiro atoms. The number of amides is 1. The topological polar surface area (TPSA) is 129 Å². The molecule has 8 nitrogen and oxygen atoms in total. The molecule has 1 atom stereocenters. The van der Waals surface area contributed by atoms with E-state index in [9.17, 15) is 14.4 Å². The normalized spacial score (nSPS) is 11.7. The second kappa shape index (κ2) is 7.79. The largest absolute Gasteiger partial charge is 0.481 e. The molecular weight excluding hydrogens is 322 g/mol. The van der Waals surface area contributed by atoms with Gasteiger partial charge >= 0.3 is 11.9 Å². The van der Waals surface area contributed by atoms with Crippen LogP contribution in [-0.4, -0.2) is 50.3 Å². The average molecular weight is 334 g/mol. The minimum Gasteiger partial charge on any atom is -0.481 e. The predicted molar refractivity (Wildman–Crippen MR) is 74.6 cm³/mol. The van der Waals surface area contributed by atoms with E-state index in [1.165, 1.54) is 18.0 Å². The molecule has 0 bridgehead atoms. The molecule has 0 saturated heterocycles. The first-order valence-corrected chi connectivity index (χ1v) is 7.27. The molecule has 1 unspecified atom stereocenters. The number of aliphatic carboxylic acids is 2. The molecule has 3 N–H and O–H groups in total. The van der Waals surface area contributed by atoms with Crippen molar-refractivity contribution in [3.05, 3.63) is 16.9 Å². The minimum absolute atomic E-state index is 0.0207. The SMILES string of the molecule is CSc1ncc(Cl)c(C(=O)NC(CCC(=O)O)C(=O)O)n1. The van der Waals surface area contributed by atoms with Crippen molar-refractivity contribution in [1.82, 2.24) is 15.3 Å². The van der Waals surface area contributed by atoms with Gasteiger partial charge in [0.25, 0.3) is 5.91 Å². The number of hydrogen-bond donors (Lipinski definition) is 3. The number of thioether (sulfide) groups is 1. The van der Waals surface area contributed by atoms with Crippen molar-refractivity contribution in [2.24, 2.45) is 0 Å². The molecular formula is C11H12ClN3O5S. The summed E-state index contributed by atoms with van der Waals surface area (Å²) < 4.78 is 0. The summed E-state index contributed by atoms with van der Waals surface area (Å²) in [5, 5.41) is 20.0. The van der Waals surface area contributed by atoms with Crippen molar-refractivity contribution in [1.29, 1.82) is 0 Å². The van der Waals surface area contributed by atoms with Gasteiger partial charge in [-0.15, -0.1) is 0 Å². The first-order valence-electron chi connectivity index (χ1n) is 5.67. The van der Waals surface area contributed by atoms with E-state index in [1.807, 2.05) is 0 Å². The van der Waals surface area contributed by atoms with Crippen LogP contribution in [-0.2, 0) is 9.59 Å². The van der Waals surface area contributed by atoms with Gasteiger partial charge in [0.05, 0.1) is 11.2 Å². The molecule has 0 aromatic carbocycles. The zero-order chi connectivity index (χ0) is 16.0. The maximum absolute atomic E-state index is 12.0. The van der Waals surface area contributed by atoms with Gasteiger partial charge in [-0.05, 0) is 12.7 Å². The molecule has 1 amide bonds. The minimum atomic E-state index is -1.34. The Balaban J connectivity index is 2.86. The summed E-state index contributed by atoms with van der Waals surface area (Å²) in [4.78, 5) is 41.2. The van der Waals surface area contributed by atoms with E-state index in [2.05, 4.69) is 15.3 Å². The van der Waals surface area contributed by atoms with Crippen molar-refractivity contribution in [2.75, 3.05) is 6.26 Å².